The van der Waals surface area contributed by atoms with Crippen molar-refractivity contribution < 1.29 is 4.79 Å². The molecular formula is C29H33N3O. The van der Waals surface area contributed by atoms with E-state index in [2.05, 4.69) is 57.2 Å². The minimum Gasteiger partial charge on any atom is -0.333 e. The molecule has 4 nitrogen and oxygen atoms in total. The van der Waals surface area contributed by atoms with E-state index in [4.69, 9.17) is 0 Å². The molecule has 3 saturated heterocycles. The topological polar surface area (TPSA) is 36.4 Å². The fourth-order valence-electron chi connectivity index (χ4n) is 6.57. The summed E-state index contributed by atoms with van der Waals surface area (Å²) >= 11 is 0. The number of piperidine rings is 1. The van der Waals surface area contributed by atoms with E-state index in [1.807, 2.05) is 18.5 Å². The van der Waals surface area contributed by atoms with E-state index >= 15 is 0 Å². The molecular weight excluding hydrogens is 406 g/mol. The van der Waals surface area contributed by atoms with Gasteiger partial charge in [-0.3, -0.25) is 14.7 Å². The maximum absolute atomic E-state index is 13.8. The molecule has 3 aliphatic rings. The molecule has 6 rings (SSSR count). The number of fused-ring (bicyclic) bond motifs is 3. The van der Waals surface area contributed by atoms with Crippen molar-refractivity contribution in [2.75, 3.05) is 13.1 Å². The molecule has 2 aromatic carbocycles. The second-order valence-corrected chi connectivity index (χ2v) is 10.3. The molecule has 1 aromatic heterocycles. The number of aromatic nitrogens is 1. The van der Waals surface area contributed by atoms with Crippen molar-refractivity contribution in [1.29, 1.82) is 0 Å². The monoisotopic (exact) mass is 439 g/mol. The highest BCUT2D eigenvalue weighted by Crippen LogP contribution is 2.41. The predicted molar refractivity (Wildman–Crippen MR) is 132 cm³/mol. The zero-order valence-electron chi connectivity index (χ0n) is 19.3. The Morgan fingerprint density at radius 1 is 0.939 bits per heavy atom. The number of amides is 1. The highest BCUT2D eigenvalue weighted by atomic mass is 16.2. The van der Waals surface area contributed by atoms with Crippen LogP contribution in [0, 0.1) is 5.92 Å². The minimum atomic E-state index is 0.272. The third-order valence-corrected chi connectivity index (χ3v) is 8.13. The molecule has 0 saturated carbocycles. The molecule has 0 aliphatic carbocycles. The van der Waals surface area contributed by atoms with Gasteiger partial charge in [-0.2, -0.15) is 0 Å². The molecule has 170 valence electrons. The van der Waals surface area contributed by atoms with Crippen molar-refractivity contribution in [3.05, 3.63) is 77.6 Å². The van der Waals surface area contributed by atoms with Crippen molar-refractivity contribution in [3.63, 3.8) is 0 Å². The standard InChI is InChI=1S/C29H33N3O/c33-29(28-6-2-1-5-25(28)20-31-13-3-4-14-31)32-26-9-10-27(32)18-22(17-26)15-21-7-8-24-19-30-12-11-23(24)16-21/h1-2,5-8,11-12,16,19,22,26-27H,3-4,9-10,13-15,17-18,20H2. The van der Waals surface area contributed by atoms with Crippen LogP contribution in [0.25, 0.3) is 10.8 Å². The Labute approximate surface area is 196 Å². The second kappa shape index (κ2) is 8.90. The Balaban J connectivity index is 1.17. The summed E-state index contributed by atoms with van der Waals surface area (Å²) in [6.07, 6.45) is 12.1. The molecule has 4 heterocycles. The minimum absolute atomic E-state index is 0.272. The molecule has 0 N–H and O–H groups in total. The zero-order valence-corrected chi connectivity index (χ0v) is 19.3. The summed E-state index contributed by atoms with van der Waals surface area (Å²) in [6, 6.07) is 18.0. The van der Waals surface area contributed by atoms with E-state index in [9.17, 15) is 4.79 Å². The van der Waals surface area contributed by atoms with Crippen LogP contribution in [0.15, 0.2) is 60.9 Å². The first-order chi connectivity index (χ1) is 16.2. The zero-order chi connectivity index (χ0) is 22.2. The smallest absolute Gasteiger partial charge is 0.254 e. The lowest BCUT2D eigenvalue weighted by Crippen LogP contribution is -2.47. The van der Waals surface area contributed by atoms with Gasteiger partial charge in [0.15, 0.2) is 0 Å². The highest BCUT2D eigenvalue weighted by Gasteiger charge is 2.43. The van der Waals surface area contributed by atoms with Crippen molar-refractivity contribution in [2.45, 2.75) is 63.6 Å². The van der Waals surface area contributed by atoms with Gasteiger partial charge in [0.25, 0.3) is 5.91 Å². The van der Waals surface area contributed by atoms with Gasteiger partial charge in [0.2, 0.25) is 0 Å². The van der Waals surface area contributed by atoms with Crippen LogP contribution >= 0.6 is 0 Å². The van der Waals surface area contributed by atoms with Crippen molar-refractivity contribution in [1.82, 2.24) is 14.8 Å². The summed E-state index contributed by atoms with van der Waals surface area (Å²) in [7, 11) is 0. The highest BCUT2D eigenvalue weighted by molar-refractivity contribution is 5.96. The molecule has 3 fully saturated rings. The van der Waals surface area contributed by atoms with Crippen LogP contribution in [0.4, 0.5) is 0 Å². The lowest BCUT2D eigenvalue weighted by atomic mass is 9.85. The molecule has 2 unspecified atom stereocenters. The van der Waals surface area contributed by atoms with Gasteiger partial charge in [-0.05, 0) is 92.6 Å². The van der Waals surface area contributed by atoms with Gasteiger partial charge < -0.3 is 4.90 Å². The van der Waals surface area contributed by atoms with Crippen molar-refractivity contribution >= 4 is 16.7 Å². The van der Waals surface area contributed by atoms with Crippen molar-refractivity contribution in [2.24, 2.45) is 5.92 Å². The van der Waals surface area contributed by atoms with Gasteiger partial charge >= 0.3 is 0 Å². The lowest BCUT2D eigenvalue weighted by molar-refractivity contribution is 0.0522. The van der Waals surface area contributed by atoms with Gasteiger partial charge in [-0.1, -0.05) is 36.4 Å². The van der Waals surface area contributed by atoms with E-state index in [0.717, 1.165) is 57.3 Å². The van der Waals surface area contributed by atoms with Gasteiger partial charge in [-0.25, -0.2) is 0 Å². The van der Waals surface area contributed by atoms with Gasteiger partial charge in [0, 0.05) is 42.0 Å². The summed E-state index contributed by atoms with van der Waals surface area (Å²) in [5.74, 6) is 0.930. The number of rotatable bonds is 5. The first-order valence-electron chi connectivity index (χ1n) is 12.7. The fraction of sp³-hybridized carbons (Fsp3) is 0.448. The van der Waals surface area contributed by atoms with Crippen molar-refractivity contribution in [3.8, 4) is 0 Å². The van der Waals surface area contributed by atoms with Crippen LogP contribution in [-0.4, -0.2) is 45.9 Å². The van der Waals surface area contributed by atoms with Gasteiger partial charge in [0.05, 0.1) is 0 Å². The largest absolute Gasteiger partial charge is 0.333 e. The number of likely N-dealkylation sites (tertiary alicyclic amines) is 1. The van der Waals surface area contributed by atoms with E-state index < -0.39 is 0 Å². The summed E-state index contributed by atoms with van der Waals surface area (Å²) in [5.41, 5.74) is 3.55. The summed E-state index contributed by atoms with van der Waals surface area (Å²) in [5, 5.41) is 2.47. The lowest BCUT2D eigenvalue weighted by Gasteiger charge is -2.39. The van der Waals surface area contributed by atoms with Crippen LogP contribution < -0.4 is 0 Å². The summed E-state index contributed by atoms with van der Waals surface area (Å²) in [4.78, 5) is 22.8. The van der Waals surface area contributed by atoms with Crippen LogP contribution in [0.3, 0.4) is 0 Å². The van der Waals surface area contributed by atoms with E-state index in [0.29, 0.717) is 18.0 Å². The predicted octanol–water partition coefficient (Wildman–Crippen LogP) is 5.46. The Kier molecular flexibility index (Phi) is 5.63. The molecule has 2 bridgehead atoms. The normalized spacial score (nSPS) is 25.1. The first-order valence-corrected chi connectivity index (χ1v) is 12.7. The number of pyridine rings is 1. The number of carbonyl (C=O) groups is 1. The molecule has 3 aliphatic heterocycles. The van der Waals surface area contributed by atoms with Crippen LogP contribution in [0.2, 0.25) is 0 Å². The molecule has 33 heavy (non-hydrogen) atoms. The molecule has 0 radical (unpaired) electrons. The van der Waals surface area contributed by atoms with E-state index in [1.165, 1.54) is 34.7 Å². The molecule has 1 amide bonds. The molecule has 4 heteroatoms. The second-order valence-electron chi connectivity index (χ2n) is 10.3. The average Bonchev–Trinajstić information content (AvgIpc) is 3.44. The summed E-state index contributed by atoms with van der Waals surface area (Å²) < 4.78 is 0. The number of carbonyl (C=O) groups excluding carboxylic acids is 1. The number of hydrogen-bond acceptors (Lipinski definition) is 3. The number of nitrogens with zero attached hydrogens (tertiary/aromatic N) is 3. The van der Waals surface area contributed by atoms with Gasteiger partial charge in [0.1, 0.15) is 0 Å². The fourth-order valence-corrected chi connectivity index (χ4v) is 6.57. The molecule has 3 aromatic rings. The maximum Gasteiger partial charge on any atom is 0.254 e. The van der Waals surface area contributed by atoms with Crippen LogP contribution in [0.1, 0.15) is 60.0 Å². The van der Waals surface area contributed by atoms with Crippen LogP contribution in [0.5, 0.6) is 0 Å². The molecule has 0 spiro atoms. The maximum atomic E-state index is 13.8. The number of hydrogen-bond donors (Lipinski definition) is 0. The SMILES string of the molecule is O=C(c1ccccc1CN1CCCC1)N1C2CCC1CC(Cc1ccc3cnccc3c1)C2. The quantitative estimate of drug-likeness (QED) is 0.530. The Morgan fingerprint density at radius 3 is 2.55 bits per heavy atom. The Hall–Kier alpha value is -2.72. The Morgan fingerprint density at radius 2 is 1.73 bits per heavy atom. The third kappa shape index (κ3) is 4.17. The Bertz CT molecular complexity index is 1140. The van der Waals surface area contributed by atoms with Gasteiger partial charge in [-0.15, -0.1) is 0 Å². The van der Waals surface area contributed by atoms with E-state index in [-0.39, 0.29) is 5.91 Å². The van der Waals surface area contributed by atoms with E-state index in [1.54, 1.807) is 0 Å². The summed E-state index contributed by atoms with van der Waals surface area (Å²) in [6.45, 7) is 3.22. The average molecular weight is 440 g/mol. The first kappa shape index (κ1) is 20.9. The number of benzene rings is 2. The third-order valence-electron chi connectivity index (χ3n) is 8.13. The molecule has 2 atom stereocenters. The van der Waals surface area contributed by atoms with Crippen LogP contribution in [-0.2, 0) is 13.0 Å².